The minimum absolute atomic E-state index is 0.0476. The minimum atomic E-state index is -0.459. The standard InChI is InChI=1S/C38H46FN5O3S/c1-6-16-38(4,5)47-20-17-37(2,3)43-36(45)28-12-13-32-33(22-28)48-35(42-32)24-44-18-14-27(15-19-44)31-8-7-9-34(41-31)46-25-29-11-10-26(23-40)21-30(29)39/h7-13,21-22,27H,6,14-20,24-25H2,1-5H3,(H,43,45). The zero-order valence-electron chi connectivity index (χ0n) is 28.6. The Hall–Kier alpha value is -3.91. The van der Waals surface area contributed by atoms with Crippen molar-refractivity contribution in [3.8, 4) is 11.9 Å². The topological polar surface area (TPSA) is 100 Å². The molecule has 1 aliphatic rings. The van der Waals surface area contributed by atoms with Crippen LogP contribution in [0.5, 0.6) is 5.88 Å². The highest BCUT2D eigenvalue weighted by molar-refractivity contribution is 7.18. The first-order chi connectivity index (χ1) is 22.9. The van der Waals surface area contributed by atoms with Crippen LogP contribution in [-0.2, 0) is 17.9 Å². The summed E-state index contributed by atoms with van der Waals surface area (Å²) in [5.41, 5.74) is 2.65. The summed E-state index contributed by atoms with van der Waals surface area (Å²) in [6, 6.07) is 17.8. The van der Waals surface area contributed by atoms with Crippen LogP contribution in [0.15, 0.2) is 54.6 Å². The molecule has 1 N–H and O–H groups in total. The van der Waals surface area contributed by atoms with Crippen molar-refractivity contribution < 1.29 is 18.7 Å². The van der Waals surface area contributed by atoms with E-state index in [-0.39, 0.29) is 23.7 Å². The van der Waals surface area contributed by atoms with Gasteiger partial charge in [0.15, 0.2) is 0 Å². The molecule has 8 nitrogen and oxygen atoms in total. The third-order valence-corrected chi connectivity index (χ3v) is 9.89. The van der Waals surface area contributed by atoms with E-state index < -0.39 is 11.4 Å². The number of piperidine rings is 1. The van der Waals surface area contributed by atoms with Crippen LogP contribution in [-0.4, -0.2) is 51.6 Å². The predicted octanol–water partition coefficient (Wildman–Crippen LogP) is 8.15. The molecule has 0 radical (unpaired) electrons. The summed E-state index contributed by atoms with van der Waals surface area (Å²) in [5.74, 6) is 0.229. The number of carbonyl (C=O) groups is 1. The lowest BCUT2D eigenvalue weighted by atomic mass is 9.93. The maximum atomic E-state index is 14.3. The number of pyridine rings is 1. The molecule has 0 unspecified atom stereocenters. The van der Waals surface area contributed by atoms with Crippen molar-refractivity contribution in [2.45, 2.75) is 96.9 Å². The average molecular weight is 672 g/mol. The number of hydrogen-bond donors (Lipinski definition) is 1. The fraction of sp³-hybridized carbons (Fsp3) is 0.474. The number of aromatic nitrogens is 2. The van der Waals surface area contributed by atoms with Crippen molar-refractivity contribution >= 4 is 27.5 Å². The molecular weight excluding hydrogens is 626 g/mol. The van der Waals surface area contributed by atoms with E-state index in [1.807, 2.05) is 50.2 Å². The number of carbonyl (C=O) groups excluding carboxylic acids is 1. The van der Waals surface area contributed by atoms with Crippen molar-refractivity contribution in [1.82, 2.24) is 20.2 Å². The van der Waals surface area contributed by atoms with Gasteiger partial charge in [-0.15, -0.1) is 11.3 Å². The first-order valence-corrected chi connectivity index (χ1v) is 17.6. The summed E-state index contributed by atoms with van der Waals surface area (Å²) in [6.07, 6.45) is 4.74. The number of hydrogen-bond acceptors (Lipinski definition) is 8. The first kappa shape index (κ1) is 35.4. The van der Waals surface area contributed by atoms with Crippen LogP contribution in [0.1, 0.15) is 105 Å². The predicted molar refractivity (Wildman–Crippen MR) is 188 cm³/mol. The molecule has 0 saturated carbocycles. The van der Waals surface area contributed by atoms with Gasteiger partial charge in [0, 0.05) is 41.0 Å². The van der Waals surface area contributed by atoms with Gasteiger partial charge in [-0.2, -0.15) is 5.26 Å². The Labute approximate surface area is 287 Å². The molecule has 0 aliphatic carbocycles. The maximum Gasteiger partial charge on any atom is 0.251 e. The SMILES string of the molecule is CCCC(C)(C)OCCC(C)(C)NC(=O)c1ccc2nc(CN3CCC(c4cccc(OCc5ccc(C#N)cc5F)n4)CC3)sc2c1. The molecular formula is C38H46FN5O3S. The van der Waals surface area contributed by atoms with E-state index in [1.54, 1.807) is 29.5 Å². The lowest BCUT2D eigenvalue weighted by molar-refractivity contribution is -0.0307. The summed E-state index contributed by atoms with van der Waals surface area (Å²) >= 11 is 1.64. The number of rotatable bonds is 14. The van der Waals surface area contributed by atoms with E-state index in [1.165, 1.54) is 6.07 Å². The molecule has 0 spiro atoms. The summed E-state index contributed by atoms with van der Waals surface area (Å²) in [6.45, 7) is 13.7. The Kier molecular flexibility index (Phi) is 11.5. The van der Waals surface area contributed by atoms with Crippen LogP contribution in [0.3, 0.4) is 0 Å². The molecule has 10 heteroatoms. The van der Waals surface area contributed by atoms with Crippen LogP contribution in [0, 0.1) is 17.1 Å². The van der Waals surface area contributed by atoms with Gasteiger partial charge >= 0.3 is 0 Å². The summed E-state index contributed by atoms with van der Waals surface area (Å²) in [5, 5.41) is 13.2. The monoisotopic (exact) mass is 671 g/mol. The zero-order chi connectivity index (χ0) is 34.3. The number of amides is 1. The second kappa shape index (κ2) is 15.5. The number of benzene rings is 2. The van der Waals surface area contributed by atoms with Gasteiger partial charge in [-0.1, -0.05) is 25.5 Å². The molecule has 1 fully saturated rings. The largest absolute Gasteiger partial charge is 0.473 e. The van der Waals surface area contributed by atoms with Gasteiger partial charge < -0.3 is 14.8 Å². The second-order valence-electron chi connectivity index (χ2n) is 13.9. The van der Waals surface area contributed by atoms with E-state index >= 15 is 0 Å². The number of nitriles is 1. The fourth-order valence-corrected chi connectivity index (χ4v) is 7.13. The first-order valence-electron chi connectivity index (χ1n) is 16.8. The molecule has 4 aromatic rings. The van der Waals surface area contributed by atoms with Crippen LogP contribution in [0.4, 0.5) is 4.39 Å². The normalized spacial score (nSPS) is 14.6. The highest BCUT2D eigenvalue weighted by Gasteiger charge is 2.25. The molecule has 48 heavy (non-hydrogen) atoms. The second-order valence-corrected chi connectivity index (χ2v) is 15.0. The molecule has 0 bridgehead atoms. The van der Waals surface area contributed by atoms with Gasteiger partial charge in [0.25, 0.3) is 5.91 Å². The van der Waals surface area contributed by atoms with Gasteiger partial charge in [0.05, 0.1) is 34.0 Å². The highest BCUT2D eigenvalue weighted by Crippen LogP contribution is 2.31. The third-order valence-electron chi connectivity index (χ3n) is 8.89. The molecule has 3 heterocycles. The molecule has 254 valence electrons. The molecule has 2 aromatic carbocycles. The maximum absolute atomic E-state index is 14.3. The van der Waals surface area contributed by atoms with Crippen molar-refractivity contribution in [2.24, 2.45) is 0 Å². The van der Waals surface area contributed by atoms with Gasteiger partial charge in [0.1, 0.15) is 17.4 Å². The van der Waals surface area contributed by atoms with E-state index in [0.717, 1.165) is 72.7 Å². The Bertz CT molecular complexity index is 1760. The molecule has 5 rings (SSSR count). The summed E-state index contributed by atoms with van der Waals surface area (Å²) in [4.78, 5) is 25.2. The smallest absolute Gasteiger partial charge is 0.251 e. The lowest BCUT2D eigenvalue weighted by Crippen LogP contribution is -2.44. The molecule has 1 aliphatic heterocycles. The third kappa shape index (κ3) is 9.59. The van der Waals surface area contributed by atoms with Crippen molar-refractivity contribution in [3.63, 3.8) is 0 Å². The average Bonchev–Trinajstić information content (AvgIpc) is 3.45. The molecule has 1 amide bonds. The van der Waals surface area contributed by atoms with Gasteiger partial charge in [-0.25, -0.2) is 14.4 Å². The van der Waals surface area contributed by atoms with Crippen LogP contribution in [0.25, 0.3) is 10.2 Å². The van der Waals surface area contributed by atoms with Gasteiger partial charge in [-0.3, -0.25) is 9.69 Å². The summed E-state index contributed by atoms with van der Waals surface area (Å²) in [7, 11) is 0. The van der Waals surface area contributed by atoms with Crippen molar-refractivity contribution in [1.29, 1.82) is 5.26 Å². The van der Waals surface area contributed by atoms with Crippen LogP contribution in [0.2, 0.25) is 0 Å². The number of nitrogens with zero attached hydrogens (tertiary/aromatic N) is 4. The Morgan fingerprint density at radius 1 is 1.08 bits per heavy atom. The van der Waals surface area contributed by atoms with Gasteiger partial charge in [-0.05, 0) is 103 Å². The molecule has 0 atom stereocenters. The fourth-order valence-electron chi connectivity index (χ4n) is 6.08. The van der Waals surface area contributed by atoms with Crippen LogP contribution < -0.4 is 10.1 Å². The van der Waals surface area contributed by atoms with E-state index in [0.29, 0.717) is 29.5 Å². The number of halogens is 1. The summed E-state index contributed by atoms with van der Waals surface area (Å²) < 4.78 is 27.2. The van der Waals surface area contributed by atoms with E-state index in [9.17, 15) is 9.18 Å². The van der Waals surface area contributed by atoms with E-state index in [4.69, 9.17) is 24.7 Å². The lowest BCUT2D eigenvalue weighted by Gasteiger charge is -2.31. The van der Waals surface area contributed by atoms with E-state index in [2.05, 4.69) is 31.0 Å². The van der Waals surface area contributed by atoms with Crippen molar-refractivity contribution in [2.75, 3.05) is 19.7 Å². The highest BCUT2D eigenvalue weighted by atomic mass is 32.1. The number of fused-ring (bicyclic) bond motifs is 1. The number of nitrogens with one attached hydrogen (secondary N) is 1. The molecule has 2 aromatic heterocycles. The number of likely N-dealkylation sites (tertiary alicyclic amines) is 1. The zero-order valence-corrected chi connectivity index (χ0v) is 29.5. The van der Waals surface area contributed by atoms with Gasteiger partial charge in [0.2, 0.25) is 5.88 Å². The Balaban J connectivity index is 1.11. The van der Waals surface area contributed by atoms with Crippen LogP contribution >= 0.6 is 11.3 Å². The minimum Gasteiger partial charge on any atom is -0.473 e. The Morgan fingerprint density at radius 2 is 1.88 bits per heavy atom. The number of thiazole rings is 1. The number of ether oxygens (including phenoxy) is 2. The Morgan fingerprint density at radius 3 is 2.60 bits per heavy atom. The molecule has 1 saturated heterocycles. The van der Waals surface area contributed by atoms with Crippen molar-refractivity contribution in [3.05, 3.63) is 87.8 Å². The quantitative estimate of drug-likeness (QED) is 0.144.